The lowest BCUT2D eigenvalue weighted by Crippen LogP contribution is -2.26. The zero-order chi connectivity index (χ0) is 21.3. The van der Waals surface area contributed by atoms with Crippen LogP contribution in [0.3, 0.4) is 0 Å². The van der Waals surface area contributed by atoms with Crippen LogP contribution < -0.4 is 4.31 Å². The zero-order valence-corrected chi connectivity index (χ0v) is 17.8. The van der Waals surface area contributed by atoms with E-state index < -0.39 is 5.91 Å². The van der Waals surface area contributed by atoms with Gasteiger partial charge in [0, 0.05) is 54.5 Å². The van der Waals surface area contributed by atoms with Gasteiger partial charge in [0.05, 0.1) is 11.3 Å². The van der Waals surface area contributed by atoms with E-state index in [2.05, 4.69) is 18.3 Å². The van der Waals surface area contributed by atoms with Gasteiger partial charge in [0.15, 0.2) is 5.75 Å². The fraction of sp³-hybridized carbons (Fsp3) is 0.238. The molecular formula is C21H21ClFN3O2S. The van der Waals surface area contributed by atoms with Gasteiger partial charge in [-0.25, -0.2) is 4.39 Å². The lowest BCUT2D eigenvalue weighted by Gasteiger charge is -2.23. The molecule has 1 aromatic carbocycles. The van der Waals surface area contributed by atoms with Crippen molar-refractivity contribution in [3.05, 3.63) is 57.9 Å². The molecule has 1 amide bonds. The molecule has 0 fully saturated rings. The molecule has 8 heteroatoms. The molecule has 2 aliphatic rings. The van der Waals surface area contributed by atoms with Crippen LogP contribution in [0, 0.1) is 0 Å². The molecular weight excluding hydrogens is 413 g/mol. The molecule has 0 unspecified atom stereocenters. The summed E-state index contributed by atoms with van der Waals surface area (Å²) in [6.07, 6.45) is 8.39. The Hall–Kier alpha value is -2.51. The van der Waals surface area contributed by atoms with Gasteiger partial charge in [0.1, 0.15) is 11.5 Å². The number of benzene rings is 1. The largest absolute Gasteiger partial charge is 0.505 e. The van der Waals surface area contributed by atoms with Crippen LogP contribution in [0.4, 0.5) is 15.8 Å². The number of anilines is 1. The molecule has 0 radical (unpaired) electrons. The van der Waals surface area contributed by atoms with E-state index in [0.717, 1.165) is 5.69 Å². The van der Waals surface area contributed by atoms with Crippen LogP contribution in [0.5, 0.6) is 5.75 Å². The molecule has 3 rings (SSSR count). The van der Waals surface area contributed by atoms with Crippen LogP contribution in [0.1, 0.15) is 27.9 Å². The number of phenols is 1. The van der Waals surface area contributed by atoms with Crippen molar-refractivity contribution in [2.45, 2.75) is 13.0 Å². The standard InChI is InChI=1S/C21H21ClFN3O2S/c1-5-14-18(24-2)20(27)17-15(19(14)25(3)29-4)11-26(21(17)28)10-12-9-13(22)7-6-8-16(12)23/h5-7,9,27H,1-2,8,10-11H2,3-4H3. The van der Waals surface area contributed by atoms with Crippen LogP contribution in [0.15, 0.2) is 46.2 Å². The number of nitrogens with zero attached hydrogens (tertiary/aromatic N) is 3. The number of aromatic hydroxyl groups is 1. The smallest absolute Gasteiger partial charge is 0.258 e. The third-order valence-electron chi connectivity index (χ3n) is 4.96. The third kappa shape index (κ3) is 3.72. The van der Waals surface area contributed by atoms with Gasteiger partial charge in [0.2, 0.25) is 0 Å². The summed E-state index contributed by atoms with van der Waals surface area (Å²) in [5.41, 5.74) is 2.67. The molecule has 152 valence electrons. The minimum Gasteiger partial charge on any atom is -0.505 e. The molecule has 1 heterocycles. The van der Waals surface area contributed by atoms with Crippen molar-refractivity contribution in [2.75, 3.05) is 24.2 Å². The first-order chi connectivity index (χ1) is 13.8. The summed E-state index contributed by atoms with van der Waals surface area (Å²) < 4.78 is 16.3. The zero-order valence-electron chi connectivity index (χ0n) is 16.2. The average Bonchev–Trinajstić information content (AvgIpc) is 2.92. The lowest BCUT2D eigenvalue weighted by atomic mass is 9.99. The number of allylic oxidation sites excluding steroid dienone is 4. The van der Waals surface area contributed by atoms with E-state index in [9.17, 15) is 14.3 Å². The number of phenolic OH excluding ortho intramolecular Hbond substituents is 1. The molecule has 5 nitrogen and oxygen atoms in total. The number of amides is 1. The number of hydrogen-bond donors (Lipinski definition) is 1. The summed E-state index contributed by atoms with van der Waals surface area (Å²) in [5.74, 6) is -0.969. The van der Waals surface area contributed by atoms with E-state index in [1.54, 1.807) is 18.2 Å². The maximum absolute atomic E-state index is 14.5. The minimum atomic E-state index is -0.393. The summed E-state index contributed by atoms with van der Waals surface area (Å²) in [5, 5.41) is 11.1. The summed E-state index contributed by atoms with van der Waals surface area (Å²) >= 11 is 7.52. The van der Waals surface area contributed by atoms with E-state index >= 15 is 0 Å². The highest BCUT2D eigenvalue weighted by Gasteiger charge is 2.37. The number of fused-ring (bicyclic) bond motifs is 1. The minimum absolute atomic E-state index is 0.0411. The van der Waals surface area contributed by atoms with E-state index in [0.29, 0.717) is 21.7 Å². The Labute approximate surface area is 178 Å². The Morgan fingerprint density at radius 1 is 1.52 bits per heavy atom. The monoisotopic (exact) mass is 433 g/mol. The first kappa shape index (κ1) is 21.2. The lowest BCUT2D eigenvalue weighted by molar-refractivity contribution is 0.0790. The molecule has 1 aromatic rings. The maximum atomic E-state index is 14.5. The van der Waals surface area contributed by atoms with Crippen LogP contribution in [-0.2, 0) is 6.54 Å². The van der Waals surface area contributed by atoms with Gasteiger partial charge in [-0.3, -0.25) is 9.79 Å². The fourth-order valence-electron chi connectivity index (χ4n) is 3.56. The Balaban J connectivity index is 2.11. The maximum Gasteiger partial charge on any atom is 0.258 e. The number of hydrogen-bond acceptors (Lipinski definition) is 5. The molecule has 1 N–H and O–H groups in total. The average molecular weight is 434 g/mol. The van der Waals surface area contributed by atoms with Crippen molar-refractivity contribution >= 4 is 53.6 Å². The van der Waals surface area contributed by atoms with Crippen molar-refractivity contribution in [2.24, 2.45) is 4.99 Å². The molecule has 29 heavy (non-hydrogen) atoms. The number of halogens is 2. The summed E-state index contributed by atoms with van der Waals surface area (Å²) in [6.45, 7) is 7.61. The molecule has 0 saturated heterocycles. The molecule has 0 saturated carbocycles. The Morgan fingerprint density at radius 2 is 2.24 bits per heavy atom. The van der Waals surface area contributed by atoms with Gasteiger partial charge < -0.3 is 14.3 Å². The van der Waals surface area contributed by atoms with E-state index in [-0.39, 0.29) is 42.3 Å². The fourth-order valence-corrected chi connectivity index (χ4v) is 4.17. The summed E-state index contributed by atoms with van der Waals surface area (Å²) in [4.78, 5) is 18.5. The van der Waals surface area contributed by atoms with Crippen LogP contribution in [-0.4, -0.2) is 42.5 Å². The van der Waals surface area contributed by atoms with E-state index in [4.69, 9.17) is 11.6 Å². The summed E-state index contributed by atoms with van der Waals surface area (Å²) in [6, 6.07) is 0. The highest BCUT2D eigenvalue weighted by atomic mass is 35.5. The van der Waals surface area contributed by atoms with E-state index in [1.165, 1.54) is 22.9 Å². The van der Waals surface area contributed by atoms with Gasteiger partial charge in [-0.2, -0.15) is 0 Å². The Kier molecular flexibility index (Phi) is 6.19. The van der Waals surface area contributed by atoms with Crippen molar-refractivity contribution in [1.82, 2.24) is 4.90 Å². The second-order valence-electron chi connectivity index (χ2n) is 6.58. The van der Waals surface area contributed by atoms with Crippen LogP contribution >= 0.6 is 23.5 Å². The number of rotatable bonds is 6. The SMILES string of the molecule is C=Cc1c(N=C)c(O)c2c(c1N(C)SC)CN(CC1=C(F)CC=CC(Cl)=C1)C2=O. The van der Waals surface area contributed by atoms with Gasteiger partial charge in [-0.05, 0) is 18.9 Å². The predicted octanol–water partition coefficient (Wildman–Crippen LogP) is 5.34. The quantitative estimate of drug-likeness (QED) is 0.485. The molecule has 0 atom stereocenters. The number of aliphatic imine (C=N–C) groups is 1. The van der Waals surface area contributed by atoms with Crippen molar-refractivity contribution in [3.8, 4) is 5.75 Å². The second kappa shape index (κ2) is 8.47. The molecule has 0 spiro atoms. The normalized spacial score (nSPS) is 15.9. The van der Waals surface area contributed by atoms with E-state index in [1.807, 2.05) is 17.6 Å². The van der Waals surface area contributed by atoms with Crippen molar-refractivity contribution in [3.63, 3.8) is 0 Å². The van der Waals surface area contributed by atoms with Gasteiger partial charge >= 0.3 is 0 Å². The second-order valence-corrected chi connectivity index (χ2v) is 7.93. The van der Waals surface area contributed by atoms with Crippen LogP contribution in [0.25, 0.3) is 6.08 Å². The molecule has 0 aromatic heterocycles. The first-order valence-electron chi connectivity index (χ1n) is 8.83. The number of carbonyl (C=O) groups is 1. The van der Waals surface area contributed by atoms with Crippen molar-refractivity contribution in [1.29, 1.82) is 0 Å². The van der Waals surface area contributed by atoms with Gasteiger partial charge in [0.25, 0.3) is 5.91 Å². The first-order valence-corrected chi connectivity index (χ1v) is 10.4. The molecule has 0 bridgehead atoms. The molecule has 1 aliphatic carbocycles. The van der Waals surface area contributed by atoms with Gasteiger partial charge in [-0.15, -0.1) is 0 Å². The molecule has 1 aliphatic heterocycles. The topological polar surface area (TPSA) is 56.1 Å². The highest BCUT2D eigenvalue weighted by molar-refractivity contribution is 7.99. The highest BCUT2D eigenvalue weighted by Crippen LogP contribution is 2.48. The summed E-state index contributed by atoms with van der Waals surface area (Å²) in [7, 11) is 1.85. The van der Waals surface area contributed by atoms with Crippen molar-refractivity contribution < 1.29 is 14.3 Å². The van der Waals surface area contributed by atoms with Crippen LogP contribution in [0.2, 0.25) is 0 Å². The van der Waals surface area contributed by atoms with Gasteiger partial charge in [-0.1, -0.05) is 42.3 Å². The Morgan fingerprint density at radius 3 is 2.86 bits per heavy atom. The third-order valence-corrected chi connectivity index (χ3v) is 5.92. The predicted molar refractivity (Wildman–Crippen MR) is 120 cm³/mol. The number of carbonyl (C=O) groups excluding carboxylic acids is 1. The Bertz CT molecular complexity index is 1000.